The largest absolute Gasteiger partial charge is 0.417 e. The van der Waals surface area contributed by atoms with Crippen LogP contribution in [0, 0.1) is 0 Å². The van der Waals surface area contributed by atoms with Gasteiger partial charge in [0.15, 0.2) is 0 Å². The predicted octanol–water partition coefficient (Wildman–Crippen LogP) is 4.40. The molecule has 0 heterocycles. The zero-order chi connectivity index (χ0) is 22.8. The Bertz CT molecular complexity index is 1200. The first-order chi connectivity index (χ1) is 14.5. The van der Waals surface area contributed by atoms with Gasteiger partial charge in [-0.3, -0.25) is 4.79 Å². The van der Waals surface area contributed by atoms with Crippen molar-refractivity contribution in [3.8, 4) is 0 Å². The van der Waals surface area contributed by atoms with Gasteiger partial charge < -0.3 is 5.32 Å². The molecule has 1 unspecified atom stereocenters. The number of alkyl halides is 3. The van der Waals surface area contributed by atoms with Crippen molar-refractivity contribution in [3.63, 3.8) is 0 Å². The fraction of sp³-hybridized carbons (Fsp3) is 0.227. The lowest BCUT2D eigenvalue weighted by Crippen LogP contribution is -2.45. The summed E-state index contributed by atoms with van der Waals surface area (Å²) in [5.41, 5.74) is -0.455. The van der Waals surface area contributed by atoms with Gasteiger partial charge in [0.2, 0.25) is 15.9 Å². The van der Waals surface area contributed by atoms with E-state index < -0.39 is 44.6 Å². The van der Waals surface area contributed by atoms with Gasteiger partial charge in [0.05, 0.1) is 22.5 Å². The summed E-state index contributed by atoms with van der Waals surface area (Å²) in [4.78, 5) is 11.7. The number of nitrogens with one attached hydrogen (secondary N) is 2. The van der Waals surface area contributed by atoms with Crippen molar-refractivity contribution in [1.82, 2.24) is 10.0 Å². The Morgan fingerprint density at radius 2 is 1.52 bits per heavy atom. The minimum absolute atomic E-state index is 0.451. The van der Waals surface area contributed by atoms with E-state index >= 15 is 0 Å². The van der Waals surface area contributed by atoms with Crippen LogP contribution in [0.15, 0.2) is 71.6 Å². The number of carbonyl (C=O) groups excluding carboxylic acids is 1. The Labute approximate surface area is 178 Å². The Morgan fingerprint density at radius 1 is 0.903 bits per heavy atom. The van der Waals surface area contributed by atoms with Gasteiger partial charge in [0, 0.05) is 0 Å². The predicted molar refractivity (Wildman–Crippen MR) is 112 cm³/mol. The van der Waals surface area contributed by atoms with E-state index in [0.717, 1.165) is 28.5 Å². The molecule has 3 rings (SSSR count). The van der Waals surface area contributed by atoms with Crippen LogP contribution in [0.25, 0.3) is 10.8 Å². The highest BCUT2D eigenvalue weighted by Gasteiger charge is 2.37. The van der Waals surface area contributed by atoms with Crippen molar-refractivity contribution < 1.29 is 26.4 Å². The standard InChI is InChI=1S/C22H21F3N2O3S/c1-14(17-11-7-9-16-8-3-4-10-18(16)17)26-21(28)15(2)27-31(29,30)20-13-6-5-12-19(20)22(23,24)25/h3-15,27H,1-2H3,(H,26,28)/t14?,15-/m0/s1. The van der Waals surface area contributed by atoms with Gasteiger partial charge >= 0.3 is 6.18 Å². The first-order valence-electron chi connectivity index (χ1n) is 9.47. The van der Waals surface area contributed by atoms with Crippen LogP contribution in [0.5, 0.6) is 0 Å². The van der Waals surface area contributed by atoms with Crippen molar-refractivity contribution in [2.24, 2.45) is 0 Å². The molecule has 0 aliphatic heterocycles. The van der Waals surface area contributed by atoms with Gasteiger partial charge in [-0.15, -0.1) is 0 Å². The van der Waals surface area contributed by atoms with Crippen LogP contribution in [0.2, 0.25) is 0 Å². The molecule has 0 saturated carbocycles. The lowest BCUT2D eigenvalue weighted by Gasteiger charge is -2.21. The lowest BCUT2D eigenvalue weighted by molar-refractivity contribution is -0.139. The Balaban J connectivity index is 1.78. The maximum absolute atomic E-state index is 13.2. The van der Waals surface area contributed by atoms with Crippen LogP contribution in [0.3, 0.4) is 0 Å². The van der Waals surface area contributed by atoms with Gasteiger partial charge in [-0.2, -0.15) is 17.9 Å². The molecule has 0 aromatic heterocycles. The monoisotopic (exact) mass is 450 g/mol. The highest BCUT2D eigenvalue weighted by atomic mass is 32.2. The Morgan fingerprint density at radius 3 is 2.23 bits per heavy atom. The van der Waals surface area contributed by atoms with Crippen molar-refractivity contribution in [2.45, 2.75) is 37.0 Å². The summed E-state index contributed by atoms with van der Waals surface area (Å²) in [6, 6.07) is 15.3. The number of hydrogen-bond acceptors (Lipinski definition) is 3. The van der Waals surface area contributed by atoms with Crippen molar-refractivity contribution in [1.29, 1.82) is 0 Å². The molecule has 0 aliphatic rings. The third kappa shape index (κ3) is 5.05. The minimum Gasteiger partial charge on any atom is -0.348 e. The number of amides is 1. The van der Waals surface area contributed by atoms with Crippen LogP contribution >= 0.6 is 0 Å². The third-order valence-corrected chi connectivity index (χ3v) is 6.45. The molecule has 0 bridgehead atoms. The molecule has 3 aromatic carbocycles. The third-order valence-electron chi connectivity index (χ3n) is 4.86. The highest BCUT2D eigenvalue weighted by molar-refractivity contribution is 7.89. The number of benzene rings is 3. The van der Waals surface area contributed by atoms with E-state index in [2.05, 4.69) is 5.32 Å². The van der Waals surface area contributed by atoms with Gasteiger partial charge in [-0.25, -0.2) is 8.42 Å². The highest BCUT2D eigenvalue weighted by Crippen LogP contribution is 2.34. The minimum atomic E-state index is -4.85. The second-order valence-electron chi connectivity index (χ2n) is 7.14. The number of hydrogen-bond donors (Lipinski definition) is 2. The summed E-state index contributed by atoms with van der Waals surface area (Å²) in [5, 5.41) is 4.64. The molecule has 31 heavy (non-hydrogen) atoms. The van der Waals surface area contributed by atoms with Crippen molar-refractivity contribution in [2.75, 3.05) is 0 Å². The molecule has 0 fully saturated rings. The number of halogens is 3. The molecule has 0 spiro atoms. The SMILES string of the molecule is CC(NC(=O)[C@H](C)NS(=O)(=O)c1ccccc1C(F)(F)F)c1cccc2ccccc12. The van der Waals surface area contributed by atoms with Gasteiger partial charge in [0.1, 0.15) is 0 Å². The lowest BCUT2D eigenvalue weighted by atomic mass is 9.99. The molecule has 5 nitrogen and oxygen atoms in total. The molecule has 3 aromatic rings. The summed E-state index contributed by atoms with van der Waals surface area (Å²) in [6.45, 7) is 3.03. The van der Waals surface area contributed by atoms with Crippen LogP contribution in [0.1, 0.15) is 31.0 Å². The summed E-state index contributed by atoms with van der Waals surface area (Å²) in [5.74, 6) is -0.659. The van der Waals surface area contributed by atoms with Gasteiger partial charge in [-0.1, -0.05) is 54.6 Å². The molecule has 1 amide bonds. The van der Waals surface area contributed by atoms with Crippen LogP contribution in [-0.4, -0.2) is 20.4 Å². The normalized spacial score (nSPS) is 14.2. The summed E-state index contributed by atoms with van der Waals surface area (Å²) in [6.07, 6.45) is -4.85. The molecule has 0 saturated heterocycles. The maximum atomic E-state index is 13.2. The fourth-order valence-electron chi connectivity index (χ4n) is 3.33. The summed E-state index contributed by atoms with van der Waals surface area (Å²) < 4.78 is 66.7. The topological polar surface area (TPSA) is 75.3 Å². The van der Waals surface area contributed by atoms with E-state index in [4.69, 9.17) is 0 Å². The second-order valence-corrected chi connectivity index (χ2v) is 8.82. The zero-order valence-corrected chi connectivity index (χ0v) is 17.6. The first-order valence-corrected chi connectivity index (χ1v) is 11.0. The smallest absolute Gasteiger partial charge is 0.348 e. The van der Waals surface area contributed by atoms with E-state index in [1.807, 2.05) is 47.2 Å². The molecule has 164 valence electrons. The van der Waals surface area contributed by atoms with E-state index in [1.165, 1.54) is 13.0 Å². The van der Waals surface area contributed by atoms with Crippen molar-refractivity contribution in [3.05, 3.63) is 77.9 Å². The Kier molecular flexibility index (Phi) is 6.38. The average molecular weight is 450 g/mol. The molecule has 0 radical (unpaired) electrons. The van der Waals surface area contributed by atoms with Crippen LogP contribution in [0.4, 0.5) is 13.2 Å². The number of rotatable bonds is 6. The zero-order valence-electron chi connectivity index (χ0n) is 16.8. The average Bonchev–Trinajstić information content (AvgIpc) is 2.72. The van der Waals surface area contributed by atoms with Gasteiger partial charge in [-0.05, 0) is 42.3 Å². The van der Waals surface area contributed by atoms with Crippen LogP contribution in [-0.2, 0) is 21.0 Å². The quantitative estimate of drug-likeness (QED) is 0.585. The molecular weight excluding hydrogens is 429 g/mol. The van der Waals surface area contributed by atoms with E-state index in [-0.39, 0.29) is 0 Å². The molecular formula is C22H21F3N2O3S. The summed E-state index contributed by atoms with van der Waals surface area (Å²) >= 11 is 0. The van der Waals surface area contributed by atoms with Crippen molar-refractivity contribution >= 4 is 26.7 Å². The molecule has 9 heteroatoms. The van der Waals surface area contributed by atoms with Crippen LogP contribution < -0.4 is 10.0 Å². The molecule has 2 N–H and O–H groups in total. The van der Waals surface area contributed by atoms with Gasteiger partial charge in [0.25, 0.3) is 0 Å². The number of fused-ring (bicyclic) bond motifs is 1. The second kappa shape index (κ2) is 8.68. The van der Waals surface area contributed by atoms with E-state index in [9.17, 15) is 26.4 Å². The first kappa shape index (κ1) is 22.8. The number of sulfonamides is 1. The van der Waals surface area contributed by atoms with E-state index in [0.29, 0.717) is 6.07 Å². The molecule has 2 atom stereocenters. The maximum Gasteiger partial charge on any atom is 0.417 e. The van der Waals surface area contributed by atoms with E-state index in [1.54, 1.807) is 6.92 Å². The summed E-state index contributed by atoms with van der Waals surface area (Å²) in [7, 11) is -4.58. The Hall–Kier alpha value is -2.91. The number of carbonyl (C=O) groups is 1. The molecule has 0 aliphatic carbocycles. The fourth-order valence-corrected chi connectivity index (χ4v) is 4.76.